The third kappa shape index (κ3) is 7.97. The lowest BCUT2D eigenvalue weighted by Gasteiger charge is -2.29. The van der Waals surface area contributed by atoms with Crippen LogP contribution in [0.2, 0.25) is 0 Å². The molecule has 0 fully saturated rings. The van der Waals surface area contributed by atoms with E-state index in [0.717, 1.165) is 0 Å². The van der Waals surface area contributed by atoms with Crippen LogP contribution in [0.1, 0.15) is 40.0 Å². The van der Waals surface area contributed by atoms with Crippen LogP contribution in [0.25, 0.3) is 0 Å². The molecule has 2 N–H and O–H groups in total. The predicted molar refractivity (Wildman–Crippen MR) is 90.7 cm³/mol. The van der Waals surface area contributed by atoms with Gasteiger partial charge in [-0.3, -0.25) is 14.4 Å². The normalized spacial score (nSPS) is 10.3. The molecule has 0 spiro atoms. The first-order valence-electron chi connectivity index (χ1n) is 8.40. The van der Waals surface area contributed by atoms with E-state index in [2.05, 4.69) is 0 Å². The molecule has 0 aliphatic rings. The first-order valence-corrected chi connectivity index (χ1v) is 8.40. The molecule has 0 aromatic heterocycles. The smallest absolute Gasteiger partial charge is 0.222 e. The van der Waals surface area contributed by atoms with Gasteiger partial charge in [0.2, 0.25) is 17.7 Å². The highest BCUT2D eigenvalue weighted by molar-refractivity contribution is 5.77. The summed E-state index contributed by atoms with van der Waals surface area (Å²) in [5.74, 6) is 0.122. The average molecular weight is 328 g/mol. The molecule has 3 amide bonds. The molecule has 0 heterocycles. The zero-order chi connectivity index (χ0) is 17.8. The number of hydrogen-bond acceptors (Lipinski definition) is 4. The van der Waals surface area contributed by atoms with Crippen molar-refractivity contribution in [3.05, 3.63) is 0 Å². The van der Waals surface area contributed by atoms with Crippen LogP contribution in [0.3, 0.4) is 0 Å². The Morgan fingerprint density at radius 3 is 1.48 bits per heavy atom. The number of rotatable bonds is 11. The fourth-order valence-corrected chi connectivity index (χ4v) is 2.23. The molecular weight excluding hydrogens is 296 g/mol. The minimum absolute atomic E-state index is 0.0268. The van der Waals surface area contributed by atoms with Gasteiger partial charge < -0.3 is 20.4 Å². The Morgan fingerprint density at radius 1 is 0.696 bits per heavy atom. The molecule has 0 saturated carbocycles. The third-order valence-electron chi connectivity index (χ3n) is 3.78. The highest BCUT2D eigenvalue weighted by atomic mass is 16.2. The maximum atomic E-state index is 12.1. The van der Waals surface area contributed by atoms with E-state index in [1.807, 2.05) is 20.8 Å². The zero-order valence-electron chi connectivity index (χ0n) is 15.0. The van der Waals surface area contributed by atoms with Gasteiger partial charge in [-0.25, -0.2) is 0 Å². The number of likely N-dealkylation sites (N-methyl/N-ethyl adjacent to an activating group) is 1. The summed E-state index contributed by atoms with van der Waals surface area (Å²) >= 11 is 0. The zero-order valence-corrected chi connectivity index (χ0v) is 15.0. The van der Waals surface area contributed by atoms with Crippen molar-refractivity contribution in [2.45, 2.75) is 40.0 Å². The first kappa shape index (κ1) is 21.4. The second-order valence-electron chi connectivity index (χ2n) is 5.43. The Morgan fingerprint density at radius 2 is 1.09 bits per heavy atom. The molecule has 7 heteroatoms. The van der Waals surface area contributed by atoms with E-state index in [0.29, 0.717) is 58.5 Å². The van der Waals surface area contributed by atoms with Crippen molar-refractivity contribution in [1.82, 2.24) is 14.7 Å². The van der Waals surface area contributed by atoms with Crippen molar-refractivity contribution in [3.8, 4) is 0 Å². The summed E-state index contributed by atoms with van der Waals surface area (Å²) in [6, 6.07) is 0. The lowest BCUT2D eigenvalue weighted by molar-refractivity contribution is -0.136. The number of nitrogens with zero attached hydrogens (tertiary/aromatic N) is 3. The summed E-state index contributed by atoms with van der Waals surface area (Å²) in [6.07, 6.45) is 1.28. The van der Waals surface area contributed by atoms with Gasteiger partial charge in [0.1, 0.15) is 0 Å². The van der Waals surface area contributed by atoms with E-state index in [1.165, 1.54) is 0 Å². The third-order valence-corrected chi connectivity index (χ3v) is 3.78. The summed E-state index contributed by atoms with van der Waals surface area (Å²) in [5.41, 5.74) is 5.54. The summed E-state index contributed by atoms with van der Waals surface area (Å²) in [7, 11) is 1.74. The molecule has 0 rings (SSSR count). The molecule has 0 aromatic carbocycles. The monoisotopic (exact) mass is 328 g/mol. The second kappa shape index (κ2) is 11.9. The van der Waals surface area contributed by atoms with E-state index in [1.54, 1.807) is 21.7 Å². The predicted octanol–water partition coefficient (Wildman–Crippen LogP) is 0.291. The molecule has 0 saturated heterocycles. The number of carbonyl (C=O) groups excluding carboxylic acids is 3. The van der Waals surface area contributed by atoms with Gasteiger partial charge in [-0.1, -0.05) is 20.8 Å². The standard InChI is InChI=1S/C16H32N4O3/c1-5-14(21)18(4)10-11-20(16(23)7-3)13-12-19(9-8-17)15(22)6-2/h5-13,17H2,1-4H3. The van der Waals surface area contributed by atoms with Crippen LogP contribution in [0.5, 0.6) is 0 Å². The topological polar surface area (TPSA) is 86.9 Å². The molecule has 0 atom stereocenters. The van der Waals surface area contributed by atoms with Crippen LogP contribution in [-0.4, -0.2) is 78.7 Å². The van der Waals surface area contributed by atoms with Gasteiger partial charge in [-0.2, -0.15) is 0 Å². The van der Waals surface area contributed by atoms with Crippen molar-refractivity contribution in [3.63, 3.8) is 0 Å². The van der Waals surface area contributed by atoms with Crippen LogP contribution in [0, 0.1) is 0 Å². The number of nitrogens with two attached hydrogens (primary N) is 1. The van der Waals surface area contributed by atoms with Crippen LogP contribution in [0.4, 0.5) is 0 Å². The van der Waals surface area contributed by atoms with Gasteiger partial charge >= 0.3 is 0 Å². The first-order chi connectivity index (χ1) is 10.9. The Balaban J connectivity index is 4.63. The molecule has 0 aliphatic heterocycles. The second-order valence-corrected chi connectivity index (χ2v) is 5.43. The van der Waals surface area contributed by atoms with E-state index in [-0.39, 0.29) is 17.7 Å². The van der Waals surface area contributed by atoms with Crippen LogP contribution >= 0.6 is 0 Å². The molecule has 23 heavy (non-hydrogen) atoms. The van der Waals surface area contributed by atoms with Gasteiger partial charge in [0, 0.05) is 65.6 Å². The quantitative estimate of drug-likeness (QED) is 0.590. The summed E-state index contributed by atoms with van der Waals surface area (Å²) in [6.45, 7) is 8.25. The lowest BCUT2D eigenvalue weighted by atomic mass is 10.3. The van der Waals surface area contributed by atoms with Gasteiger partial charge in [0.15, 0.2) is 0 Å². The summed E-state index contributed by atoms with van der Waals surface area (Å²) in [4.78, 5) is 40.6. The highest BCUT2D eigenvalue weighted by Crippen LogP contribution is 2.00. The molecule has 7 nitrogen and oxygen atoms in total. The van der Waals surface area contributed by atoms with E-state index in [4.69, 9.17) is 5.73 Å². The minimum Gasteiger partial charge on any atom is -0.344 e. The van der Waals surface area contributed by atoms with Crippen LogP contribution in [-0.2, 0) is 14.4 Å². The number of amides is 3. The maximum absolute atomic E-state index is 12.1. The molecule has 0 radical (unpaired) electrons. The minimum atomic E-state index is 0.0268. The van der Waals surface area contributed by atoms with E-state index in [9.17, 15) is 14.4 Å². The fourth-order valence-electron chi connectivity index (χ4n) is 2.23. The van der Waals surface area contributed by atoms with Gasteiger partial charge in [0.05, 0.1) is 0 Å². The fraction of sp³-hybridized carbons (Fsp3) is 0.812. The Kier molecular flexibility index (Phi) is 11.0. The molecular formula is C16H32N4O3. The number of hydrogen-bond donors (Lipinski definition) is 1. The SMILES string of the molecule is CCC(=O)N(C)CCN(CCN(CCN)C(=O)CC)C(=O)CC. The molecule has 0 bridgehead atoms. The molecule has 0 unspecified atom stereocenters. The van der Waals surface area contributed by atoms with Crippen molar-refractivity contribution in [2.24, 2.45) is 5.73 Å². The summed E-state index contributed by atoms with van der Waals surface area (Å²) < 4.78 is 0. The maximum Gasteiger partial charge on any atom is 0.222 e. The highest BCUT2D eigenvalue weighted by Gasteiger charge is 2.17. The largest absolute Gasteiger partial charge is 0.344 e. The molecule has 134 valence electrons. The Hall–Kier alpha value is -1.63. The Labute approximate surface area is 139 Å². The molecule has 0 aliphatic carbocycles. The van der Waals surface area contributed by atoms with Crippen LogP contribution in [0.15, 0.2) is 0 Å². The van der Waals surface area contributed by atoms with Crippen LogP contribution < -0.4 is 5.73 Å². The van der Waals surface area contributed by atoms with E-state index < -0.39 is 0 Å². The van der Waals surface area contributed by atoms with Crippen molar-refractivity contribution < 1.29 is 14.4 Å². The average Bonchev–Trinajstić information content (AvgIpc) is 2.58. The lowest BCUT2D eigenvalue weighted by Crippen LogP contribution is -2.45. The van der Waals surface area contributed by atoms with Crippen molar-refractivity contribution in [2.75, 3.05) is 46.3 Å². The Bertz CT molecular complexity index is 388. The van der Waals surface area contributed by atoms with E-state index >= 15 is 0 Å². The number of carbonyl (C=O) groups is 3. The van der Waals surface area contributed by atoms with Crippen molar-refractivity contribution >= 4 is 17.7 Å². The van der Waals surface area contributed by atoms with Gasteiger partial charge in [-0.15, -0.1) is 0 Å². The van der Waals surface area contributed by atoms with Crippen molar-refractivity contribution in [1.29, 1.82) is 0 Å². The molecule has 0 aromatic rings. The van der Waals surface area contributed by atoms with Gasteiger partial charge in [-0.05, 0) is 0 Å². The summed E-state index contributed by atoms with van der Waals surface area (Å²) in [5, 5.41) is 0. The van der Waals surface area contributed by atoms with Gasteiger partial charge in [0.25, 0.3) is 0 Å².